The standard InChI is InChI=1S/C21H22N4O/c1-15-12-13-22-25(15)19-9-5-8-18(14-19)23-21(26)24-20(17-10-11-17)16-6-3-2-4-7-16/h2-9,12-14,17,20H,10-11H2,1H3,(H2,23,24,26). The van der Waals surface area contributed by atoms with Gasteiger partial charge in [-0.2, -0.15) is 5.10 Å². The SMILES string of the molecule is Cc1ccnn1-c1cccc(NC(=O)NC(c2ccccc2)C2CC2)c1. The largest absolute Gasteiger partial charge is 0.331 e. The molecule has 4 rings (SSSR count). The van der Waals surface area contributed by atoms with Gasteiger partial charge in [-0.15, -0.1) is 0 Å². The molecule has 0 saturated heterocycles. The lowest BCUT2D eigenvalue weighted by atomic mass is 10.0. The van der Waals surface area contributed by atoms with Gasteiger partial charge in [0, 0.05) is 17.6 Å². The van der Waals surface area contributed by atoms with E-state index in [-0.39, 0.29) is 12.1 Å². The number of aromatic nitrogens is 2. The Bertz CT molecular complexity index is 899. The van der Waals surface area contributed by atoms with Crippen molar-refractivity contribution in [3.8, 4) is 5.69 Å². The molecule has 2 aromatic carbocycles. The van der Waals surface area contributed by atoms with Crippen LogP contribution in [0, 0.1) is 12.8 Å². The highest BCUT2D eigenvalue weighted by Crippen LogP contribution is 2.40. The summed E-state index contributed by atoms with van der Waals surface area (Å²) in [7, 11) is 0. The van der Waals surface area contributed by atoms with Crippen LogP contribution in [0.15, 0.2) is 66.9 Å². The number of carbonyl (C=O) groups excluding carboxylic acids is 1. The maximum absolute atomic E-state index is 12.5. The number of benzene rings is 2. The summed E-state index contributed by atoms with van der Waals surface area (Å²) in [6.07, 6.45) is 4.09. The number of hydrogen-bond acceptors (Lipinski definition) is 2. The van der Waals surface area contributed by atoms with Crippen LogP contribution in [0.2, 0.25) is 0 Å². The lowest BCUT2D eigenvalue weighted by Gasteiger charge is -2.19. The van der Waals surface area contributed by atoms with Crippen LogP contribution < -0.4 is 10.6 Å². The molecular weight excluding hydrogens is 324 g/mol. The second-order valence-electron chi connectivity index (χ2n) is 6.76. The molecule has 26 heavy (non-hydrogen) atoms. The van der Waals surface area contributed by atoms with Crippen LogP contribution in [0.1, 0.15) is 30.1 Å². The van der Waals surface area contributed by atoms with Crippen LogP contribution >= 0.6 is 0 Å². The van der Waals surface area contributed by atoms with Gasteiger partial charge >= 0.3 is 6.03 Å². The van der Waals surface area contributed by atoms with Crippen LogP contribution in [0.25, 0.3) is 5.69 Å². The van der Waals surface area contributed by atoms with E-state index in [0.717, 1.165) is 35.5 Å². The average Bonchev–Trinajstić information content (AvgIpc) is 3.41. The van der Waals surface area contributed by atoms with E-state index in [1.54, 1.807) is 6.20 Å². The van der Waals surface area contributed by atoms with Crippen molar-refractivity contribution in [2.45, 2.75) is 25.8 Å². The van der Waals surface area contributed by atoms with E-state index in [0.29, 0.717) is 5.92 Å². The van der Waals surface area contributed by atoms with Gasteiger partial charge in [0.15, 0.2) is 0 Å². The van der Waals surface area contributed by atoms with Gasteiger partial charge < -0.3 is 10.6 Å². The van der Waals surface area contributed by atoms with E-state index in [9.17, 15) is 4.79 Å². The molecule has 0 bridgehead atoms. The molecule has 0 radical (unpaired) electrons. The van der Waals surface area contributed by atoms with Crippen molar-refractivity contribution >= 4 is 11.7 Å². The molecule has 5 heteroatoms. The molecule has 1 heterocycles. The molecule has 0 aliphatic heterocycles. The van der Waals surface area contributed by atoms with Gasteiger partial charge in [-0.25, -0.2) is 9.48 Å². The van der Waals surface area contributed by atoms with Crippen LogP contribution in [-0.2, 0) is 0 Å². The zero-order valence-corrected chi connectivity index (χ0v) is 14.7. The predicted octanol–water partition coefficient (Wildman–Crippen LogP) is 4.45. The first-order valence-corrected chi connectivity index (χ1v) is 8.94. The molecule has 2 N–H and O–H groups in total. The van der Waals surface area contributed by atoms with Crippen molar-refractivity contribution in [2.75, 3.05) is 5.32 Å². The summed E-state index contributed by atoms with van der Waals surface area (Å²) in [6.45, 7) is 2.00. The van der Waals surface area contributed by atoms with Gasteiger partial charge in [-0.3, -0.25) is 0 Å². The summed E-state index contributed by atoms with van der Waals surface area (Å²) in [5, 5.41) is 10.4. The summed E-state index contributed by atoms with van der Waals surface area (Å²) in [5.74, 6) is 0.529. The van der Waals surface area contributed by atoms with Crippen molar-refractivity contribution in [3.05, 3.63) is 78.1 Å². The van der Waals surface area contributed by atoms with E-state index >= 15 is 0 Å². The van der Waals surface area contributed by atoms with E-state index < -0.39 is 0 Å². The molecule has 1 unspecified atom stereocenters. The highest BCUT2D eigenvalue weighted by atomic mass is 16.2. The minimum Gasteiger partial charge on any atom is -0.331 e. The zero-order chi connectivity index (χ0) is 17.9. The average molecular weight is 346 g/mol. The molecule has 1 saturated carbocycles. The molecule has 3 aromatic rings. The predicted molar refractivity (Wildman–Crippen MR) is 102 cm³/mol. The Morgan fingerprint density at radius 1 is 1.12 bits per heavy atom. The minimum atomic E-state index is -0.180. The number of urea groups is 1. The smallest absolute Gasteiger partial charge is 0.319 e. The third-order valence-electron chi connectivity index (χ3n) is 4.72. The summed E-state index contributed by atoms with van der Waals surface area (Å²) >= 11 is 0. The number of nitrogens with zero attached hydrogens (tertiary/aromatic N) is 2. The maximum atomic E-state index is 12.5. The molecule has 1 aromatic heterocycles. The topological polar surface area (TPSA) is 59.0 Å². The molecular formula is C21H22N4O. The van der Waals surface area contributed by atoms with Gasteiger partial charge in [0.2, 0.25) is 0 Å². The summed E-state index contributed by atoms with van der Waals surface area (Å²) in [4.78, 5) is 12.5. The third kappa shape index (κ3) is 3.61. The Morgan fingerprint density at radius 2 is 1.92 bits per heavy atom. The van der Waals surface area contributed by atoms with Crippen molar-refractivity contribution in [2.24, 2.45) is 5.92 Å². The van der Waals surface area contributed by atoms with Crippen molar-refractivity contribution in [3.63, 3.8) is 0 Å². The number of nitrogens with one attached hydrogen (secondary N) is 2. The number of carbonyl (C=O) groups is 1. The Kier molecular flexibility index (Phi) is 4.44. The minimum absolute atomic E-state index is 0.0627. The van der Waals surface area contributed by atoms with E-state index in [1.807, 2.05) is 60.1 Å². The zero-order valence-electron chi connectivity index (χ0n) is 14.7. The van der Waals surface area contributed by atoms with Crippen molar-refractivity contribution in [1.29, 1.82) is 0 Å². The molecule has 1 fully saturated rings. The molecule has 5 nitrogen and oxygen atoms in total. The Morgan fingerprint density at radius 3 is 2.62 bits per heavy atom. The first-order valence-electron chi connectivity index (χ1n) is 8.94. The number of aryl methyl sites for hydroxylation is 1. The normalized spacial score (nSPS) is 14.7. The first-order chi connectivity index (χ1) is 12.7. The van der Waals surface area contributed by atoms with Crippen LogP contribution in [0.4, 0.5) is 10.5 Å². The Balaban J connectivity index is 1.47. The van der Waals surface area contributed by atoms with Crippen molar-refractivity contribution in [1.82, 2.24) is 15.1 Å². The maximum Gasteiger partial charge on any atom is 0.319 e. The lowest BCUT2D eigenvalue weighted by Crippen LogP contribution is -2.33. The summed E-state index contributed by atoms with van der Waals surface area (Å²) < 4.78 is 1.85. The number of amides is 2. The molecule has 1 atom stereocenters. The van der Waals surface area contributed by atoms with Crippen LogP contribution in [0.3, 0.4) is 0 Å². The molecule has 132 valence electrons. The third-order valence-corrected chi connectivity index (χ3v) is 4.72. The van der Waals surface area contributed by atoms with Crippen LogP contribution in [0.5, 0.6) is 0 Å². The molecule has 1 aliphatic carbocycles. The van der Waals surface area contributed by atoms with Crippen LogP contribution in [-0.4, -0.2) is 15.8 Å². The number of anilines is 1. The van der Waals surface area contributed by atoms with Gasteiger partial charge in [-0.1, -0.05) is 36.4 Å². The van der Waals surface area contributed by atoms with Crippen molar-refractivity contribution < 1.29 is 4.79 Å². The van der Waals surface area contributed by atoms with Gasteiger partial charge in [-0.05, 0) is 55.5 Å². The summed E-state index contributed by atoms with van der Waals surface area (Å²) in [5.41, 5.74) is 3.88. The fourth-order valence-electron chi connectivity index (χ4n) is 3.23. The highest BCUT2D eigenvalue weighted by molar-refractivity contribution is 5.89. The van der Waals surface area contributed by atoms with E-state index in [2.05, 4.69) is 27.9 Å². The number of hydrogen-bond donors (Lipinski definition) is 2. The second-order valence-corrected chi connectivity index (χ2v) is 6.76. The number of rotatable bonds is 5. The quantitative estimate of drug-likeness (QED) is 0.717. The lowest BCUT2D eigenvalue weighted by molar-refractivity contribution is 0.247. The molecule has 2 amide bonds. The fraction of sp³-hybridized carbons (Fsp3) is 0.238. The van der Waals surface area contributed by atoms with Gasteiger partial charge in [0.05, 0.1) is 11.7 Å². The fourth-order valence-corrected chi connectivity index (χ4v) is 3.23. The van der Waals surface area contributed by atoms with E-state index in [4.69, 9.17) is 0 Å². The second kappa shape index (κ2) is 7.04. The van der Waals surface area contributed by atoms with E-state index in [1.165, 1.54) is 0 Å². The molecule has 1 aliphatic rings. The van der Waals surface area contributed by atoms with Gasteiger partial charge in [0.25, 0.3) is 0 Å². The monoisotopic (exact) mass is 346 g/mol. The Labute approximate surface area is 153 Å². The summed E-state index contributed by atoms with van der Waals surface area (Å²) in [6, 6.07) is 19.7. The Hall–Kier alpha value is -3.08. The highest BCUT2D eigenvalue weighted by Gasteiger charge is 2.33. The first kappa shape index (κ1) is 16.4. The molecule has 0 spiro atoms. The van der Waals surface area contributed by atoms with Gasteiger partial charge in [0.1, 0.15) is 0 Å².